The number of rotatable bonds is 8. The molecule has 0 radical (unpaired) electrons. The summed E-state index contributed by atoms with van der Waals surface area (Å²) < 4.78 is 23.2. The van der Waals surface area contributed by atoms with Crippen molar-refractivity contribution < 1.29 is 33.8 Å². The molecule has 0 saturated carbocycles. The molecule has 3 aromatic rings. The fraction of sp³-hybridized carbons (Fsp3) is 0.269. The number of ether oxygens (including phenoxy) is 4. The maximum Gasteiger partial charge on any atom is 0.338 e. The zero-order valence-corrected chi connectivity index (χ0v) is 22.5. The van der Waals surface area contributed by atoms with E-state index in [1.807, 2.05) is 0 Å². The molecule has 0 unspecified atom stereocenters. The number of carbonyl (C=O) groups excluding carboxylic acids is 1. The second-order valence-corrected chi connectivity index (χ2v) is 9.24. The molecule has 2 aromatic carbocycles. The monoisotopic (exact) mass is 555 g/mol. The first-order valence-electron chi connectivity index (χ1n) is 11.6. The molecule has 1 aromatic heterocycles. The molecule has 0 saturated heterocycles. The normalized spacial score (nSPS) is 14.9. The Hall–Kier alpha value is -4.65. The summed E-state index contributed by atoms with van der Waals surface area (Å²) in [7, 11) is 4.36. The van der Waals surface area contributed by atoms with Crippen molar-refractivity contribution >= 4 is 29.1 Å². The number of phenols is 1. The highest BCUT2D eigenvalue weighted by molar-refractivity contribution is 7.07. The molecule has 1 aliphatic rings. The second-order valence-electron chi connectivity index (χ2n) is 8.23. The van der Waals surface area contributed by atoms with Gasteiger partial charge < -0.3 is 24.1 Å². The first-order chi connectivity index (χ1) is 18.7. The Labute approximate surface area is 225 Å². The number of hydrogen-bond acceptors (Lipinski definition) is 11. The van der Waals surface area contributed by atoms with Crippen LogP contribution in [0.2, 0.25) is 0 Å². The Bertz CT molecular complexity index is 1660. The van der Waals surface area contributed by atoms with Gasteiger partial charge in [0.15, 0.2) is 16.3 Å². The van der Waals surface area contributed by atoms with Gasteiger partial charge in [0.2, 0.25) is 11.5 Å². The van der Waals surface area contributed by atoms with Crippen LogP contribution in [-0.4, -0.2) is 48.5 Å². The Balaban J connectivity index is 2.03. The predicted octanol–water partition coefficient (Wildman–Crippen LogP) is 2.44. The molecule has 2 heterocycles. The van der Waals surface area contributed by atoms with Gasteiger partial charge in [0.05, 0.1) is 54.7 Å². The highest BCUT2D eigenvalue weighted by Gasteiger charge is 2.34. The Kier molecular flexibility index (Phi) is 7.72. The summed E-state index contributed by atoms with van der Waals surface area (Å²) in [6.45, 7) is 3.41. The van der Waals surface area contributed by atoms with Gasteiger partial charge in [0, 0.05) is 11.6 Å². The molecule has 12 nitrogen and oxygen atoms in total. The first kappa shape index (κ1) is 27.4. The quantitative estimate of drug-likeness (QED) is 0.251. The molecule has 0 spiro atoms. The molecule has 204 valence electrons. The SMILES string of the molecule is CCOC(=O)C1=C(C)N=c2sc(=Cc3cccc([N+](=O)[O-])c3O)c(=O)n2[C@H]1c1cc(OC)c(OC)c(OC)c1. The van der Waals surface area contributed by atoms with E-state index >= 15 is 0 Å². The number of allylic oxidation sites excluding steroid dienone is 1. The number of nitrogens with zero attached hydrogens (tertiary/aromatic N) is 3. The summed E-state index contributed by atoms with van der Waals surface area (Å²) in [6, 6.07) is 6.30. The molecular formula is C26H25N3O9S. The summed E-state index contributed by atoms with van der Waals surface area (Å²) in [6.07, 6.45) is 1.35. The molecule has 0 fully saturated rings. The number of para-hydroxylation sites is 1. The van der Waals surface area contributed by atoms with Gasteiger partial charge >= 0.3 is 11.7 Å². The highest BCUT2D eigenvalue weighted by Crippen LogP contribution is 2.42. The average Bonchev–Trinajstić information content (AvgIpc) is 3.21. The van der Waals surface area contributed by atoms with Crippen LogP contribution in [0.1, 0.15) is 31.0 Å². The molecule has 1 N–H and O–H groups in total. The van der Waals surface area contributed by atoms with Crippen LogP contribution in [0.25, 0.3) is 6.08 Å². The van der Waals surface area contributed by atoms with Crippen molar-refractivity contribution in [3.05, 3.63) is 82.5 Å². The lowest BCUT2D eigenvalue weighted by molar-refractivity contribution is -0.385. The number of esters is 1. The van der Waals surface area contributed by atoms with Crippen LogP contribution < -0.4 is 29.1 Å². The summed E-state index contributed by atoms with van der Waals surface area (Å²) in [4.78, 5) is 42.3. The maximum absolute atomic E-state index is 13.8. The molecule has 39 heavy (non-hydrogen) atoms. The second kappa shape index (κ2) is 11.0. The van der Waals surface area contributed by atoms with E-state index in [1.165, 1.54) is 44.1 Å². The smallest absolute Gasteiger partial charge is 0.338 e. The van der Waals surface area contributed by atoms with E-state index < -0.39 is 33.9 Å². The topological polar surface area (TPSA) is 152 Å². The number of nitro benzene ring substituents is 1. The Morgan fingerprint density at radius 1 is 1.21 bits per heavy atom. The van der Waals surface area contributed by atoms with Gasteiger partial charge in [-0.25, -0.2) is 9.79 Å². The summed E-state index contributed by atoms with van der Waals surface area (Å²) in [5.74, 6) is -0.265. The highest BCUT2D eigenvalue weighted by atomic mass is 32.1. The fourth-order valence-corrected chi connectivity index (χ4v) is 5.36. The van der Waals surface area contributed by atoms with Gasteiger partial charge in [-0.3, -0.25) is 19.5 Å². The van der Waals surface area contributed by atoms with Crippen LogP contribution in [0.15, 0.2) is 51.4 Å². The number of benzene rings is 2. The van der Waals surface area contributed by atoms with Crippen molar-refractivity contribution in [2.24, 2.45) is 4.99 Å². The lowest BCUT2D eigenvalue weighted by Gasteiger charge is -2.26. The number of methoxy groups -OCH3 is 3. The number of phenolic OH excluding ortho intramolecular Hbond substituents is 1. The number of fused-ring (bicyclic) bond motifs is 1. The molecule has 0 bridgehead atoms. The van der Waals surface area contributed by atoms with E-state index in [1.54, 1.807) is 26.0 Å². The summed E-state index contributed by atoms with van der Waals surface area (Å²) in [5.41, 5.74) is 0.0132. The number of hydrogen-bond donors (Lipinski definition) is 1. The molecule has 1 atom stereocenters. The van der Waals surface area contributed by atoms with Gasteiger partial charge in [-0.1, -0.05) is 23.5 Å². The van der Waals surface area contributed by atoms with Crippen LogP contribution in [0.3, 0.4) is 0 Å². The third kappa shape index (κ3) is 4.83. The zero-order chi connectivity index (χ0) is 28.4. The lowest BCUT2D eigenvalue weighted by atomic mass is 9.95. The van der Waals surface area contributed by atoms with Crippen molar-refractivity contribution in [2.45, 2.75) is 19.9 Å². The minimum Gasteiger partial charge on any atom is -0.502 e. The van der Waals surface area contributed by atoms with Crippen LogP contribution in [0.5, 0.6) is 23.0 Å². The Morgan fingerprint density at radius 2 is 1.87 bits per heavy atom. The van der Waals surface area contributed by atoms with Gasteiger partial charge in [-0.05, 0) is 37.6 Å². The van der Waals surface area contributed by atoms with Crippen LogP contribution in [0.4, 0.5) is 5.69 Å². The van der Waals surface area contributed by atoms with E-state index in [0.717, 1.165) is 17.4 Å². The molecule has 0 aliphatic carbocycles. The minimum atomic E-state index is -0.977. The van der Waals surface area contributed by atoms with Crippen molar-refractivity contribution in [2.75, 3.05) is 27.9 Å². The largest absolute Gasteiger partial charge is 0.502 e. The summed E-state index contributed by atoms with van der Waals surface area (Å²) in [5, 5.41) is 21.7. The van der Waals surface area contributed by atoms with E-state index in [2.05, 4.69) is 4.99 Å². The Morgan fingerprint density at radius 3 is 2.44 bits per heavy atom. The number of thiazole rings is 1. The van der Waals surface area contributed by atoms with Gasteiger partial charge in [0.1, 0.15) is 0 Å². The van der Waals surface area contributed by atoms with E-state index in [9.17, 15) is 24.8 Å². The third-order valence-electron chi connectivity index (χ3n) is 6.05. The number of aromatic hydroxyl groups is 1. The van der Waals surface area contributed by atoms with Gasteiger partial charge in [-0.2, -0.15) is 0 Å². The number of nitro groups is 1. The zero-order valence-electron chi connectivity index (χ0n) is 21.7. The van der Waals surface area contributed by atoms with Crippen LogP contribution in [0, 0.1) is 10.1 Å². The molecule has 0 amide bonds. The van der Waals surface area contributed by atoms with Crippen LogP contribution in [-0.2, 0) is 9.53 Å². The molecule has 1 aliphatic heterocycles. The van der Waals surface area contributed by atoms with Crippen LogP contribution >= 0.6 is 11.3 Å². The van der Waals surface area contributed by atoms with Gasteiger partial charge in [0.25, 0.3) is 5.56 Å². The minimum absolute atomic E-state index is 0.0835. The fourth-order valence-electron chi connectivity index (χ4n) is 4.32. The van der Waals surface area contributed by atoms with Crippen molar-refractivity contribution in [1.82, 2.24) is 4.57 Å². The predicted molar refractivity (Wildman–Crippen MR) is 141 cm³/mol. The van der Waals surface area contributed by atoms with Gasteiger partial charge in [-0.15, -0.1) is 0 Å². The van der Waals surface area contributed by atoms with E-state index in [0.29, 0.717) is 28.5 Å². The molecular weight excluding hydrogens is 530 g/mol. The lowest BCUT2D eigenvalue weighted by Crippen LogP contribution is -2.40. The average molecular weight is 556 g/mol. The molecule has 13 heteroatoms. The standard InChI is InChI=1S/C26H25N3O9S/c1-6-38-25(32)20-13(2)27-26-28(21(20)15-10-17(35-3)23(37-5)18(11-15)36-4)24(31)19(39-26)12-14-8-7-9-16(22(14)30)29(33)34/h7-12,21,30H,6H2,1-5H3/t21-/m0/s1. The summed E-state index contributed by atoms with van der Waals surface area (Å²) >= 11 is 1.01. The van der Waals surface area contributed by atoms with E-state index in [4.69, 9.17) is 18.9 Å². The van der Waals surface area contributed by atoms with E-state index in [-0.39, 0.29) is 27.1 Å². The maximum atomic E-state index is 13.8. The number of aromatic nitrogens is 1. The third-order valence-corrected chi connectivity index (χ3v) is 7.03. The number of carbonyl (C=O) groups is 1. The van der Waals surface area contributed by atoms with Crippen molar-refractivity contribution in [1.29, 1.82) is 0 Å². The van der Waals surface area contributed by atoms with Crippen molar-refractivity contribution in [3.8, 4) is 23.0 Å². The first-order valence-corrected chi connectivity index (χ1v) is 12.4. The van der Waals surface area contributed by atoms with Crippen molar-refractivity contribution in [3.63, 3.8) is 0 Å². The molecule has 4 rings (SSSR count).